The highest BCUT2D eigenvalue weighted by atomic mass is 19.2. The first-order valence-corrected chi connectivity index (χ1v) is 22.1. The quantitative estimate of drug-likeness (QED) is 0.0929. The lowest BCUT2D eigenvalue weighted by Crippen LogP contribution is -2.14. The molecular formula is C58H10F16N8. The number of rotatable bonds is 6. The molecule has 0 spiro atoms. The van der Waals surface area contributed by atoms with Crippen LogP contribution >= 0.6 is 0 Å². The van der Waals surface area contributed by atoms with Crippen molar-refractivity contribution >= 4 is 56.1 Å². The summed E-state index contributed by atoms with van der Waals surface area (Å²) in [5, 5.41) is 53.2. The van der Waals surface area contributed by atoms with E-state index in [0.29, 0.717) is 0 Å². The van der Waals surface area contributed by atoms with Gasteiger partial charge in [0, 0.05) is 39.0 Å². The lowest BCUT2D eigenvalue weighted by Gasteiger charge is -2.24. The van der Waals surface area contributed by atoms with Crippen LogP contribution in [0.2, 0.25) is 0 Å². The predicted molar refractivity (Wildman–Crippen MR) is 253 cm³/mol. The zero-order valence-corrected chi connectivity index (χ0v) is 39.4. The summed E-state index contributed by atoms with van der Waals surface area (Å²) in [6.07, 6.45) is 0. The molecule has 2 aliphatic rings. The molecule has 0 heterocycles. The number of nitriles is 5. The van der Waals surface area contributed by atoms with Gasteiger partial charge in [-0.3, -0.25) is 0 Å². The first kappa shape index (κ1) is 55.1. The van der Waals surface area contributed by atoms with Crippen LogP contribution in [0.4, 0.5) is 81.6 Å². The summed E-state index contributed by atoms with van der Waals surface area (Å²) in [6, 6.07) is 16.7. The van der Waals surface area contributed by atoms with Gasteiger partial charge in [-0.2, -0.15) is 26.3 Å². The molecule has 0 amide bonds. The number of fused-ring (bicyclic) bond motifs is 2. The van der Waals surface area contributed by atoms with Gasteiger partial charge in [0.15, 0.2) is 93.1 Å². The Morgan fingerprint density at radius 3 is 0.915 bits per heavy atom. The third kappa shape index (κ3) is 7.41. The Hall–Kier alpha value is -11.7. The van der Waals surface area contributed by atoms with Crippen molar-refractivity contribution in [2.75, 3.05) is 0 Å². The molecule has 0 atom stereocenters. The second kappa shape index (κ2) is 20.3. The maximum Gasteiger partial charge on any atom is 0.262 e. The fourth-order valence-corrected chi connectivity index (χ4v) is 9.73. The average Bonchev–Trinajstić information content (AvgIpc) is 2.72. The van der Waals surface area contributed by atoms with Crippen LogP contribution in [0, 0.1) is 169 Å². The van der Waals surface area contributed by atoms with E-state index in [4.69, 9.17) is 19.7 Å². The van der Waals surface area contributed by atoms with Crippen LogP contribution in [0.5, 0.6) is 0 Å². The van der Waals surface area contributed by atoms with Crippen molar-refractivity contribution in [1.29, 1.82) is 26.3 Å². The minimum absolute atomic E-state index is 0.569. The molecule has 0 saturated carbocycles. The normalized spacial score (nSPS) is 13.5. The predicted octanol–water partition coefficient (Wildman–Crippen LogP) is 15.7. The summed E-state index contributed by atoms with van der Waals surface area (Å²) in [5.74, 6) is -44.5. The van der Waals surface area contributed by atoms with E-state index in [0.717, 1.165) is 60.7 Å². The molecule has 2 aliphatic carbocycles. The fourth-order valence-electron chi connectivity index (χ4n) is 9.73. The number of hydrogen-bond acceptors (Lipinski definition) is 5. The van der Waals surface area contributed by atoms with Crippen LogP contribution in [0.15, 0.2) is 60.7 Å². The van der Waals surface area contributed by atoms with Crippen LogP contribution in [0.3, 0.4) is 0 Å². The van der Waals surface area contributed by atoms with Gasteiger partial charge in [0.2, 0.25) is 5.70 Å². The van der Waals surface area contributed by atoms with Crippen LogP contribution < -0.4 is 0 Å². The topological polar surface area (TPSA) is 132 Å². The van der Waals surface area contributed by atoms with Crippen LogP contribution in [-0.4, -0.2) is 0 Å². The van der Waals surface area contributed by atoms with E-state index in [9.17, 15) is 26.3 Å². The summed E-state index contributed by atoms with van der Waals surface area (Å²) in [4.78, 5) is 8.09. The molecule has 0 unspecified atom stereocenters. The molecule has 0 saturated heterocycles. The Morgan fingerprint density at radius 2 is 0.610 bits per heavy atom. The zero-order valence-electron chi connectivity index (χ0n) is 39.4. The van der Waals surface area contributed by atoms with Gasteiger partial charge in [-0.05, 0) is 27.8 Å². The number of nitrogens with zero attached hydrogens (tertiary/aromatic N) is 8. The Kier molecular flexibility index (Phi) is 13.6. The Balaban J connectivity index is 1.74. The molecule has 0 aliphatic heterocycles. The number of hydrogen-bond donors (Lipinski definition) is 0. The van der Waals surface area contributed by atoms with E-state index in [1.165, 1.54) is 24.3 Å². The van der Waals surface area contributed by atoms with E-state index < -0.39 is 227 Å². The standard InChI is InChI=1S/C58H10F16N8/c1-80-56-27(20-12-8-5-9-13-20)33(35(37-46(65)42(61)25(18-79)43(62)47(37)66)39-50(69)54(73)58(82-3)55(74)51(39)70)30-23(16-77)29-28(22(15-76)31(30)56)21(14-75)26(19-10-6-4-7-11-19)32(29)34(36-44(63)40(59)24(17-78)41(60)45(36)64)38-48(67)52(71)57(81-2)53(72)49(38)68/h4-13H/b34-32-,35-33+. The molecule has 8 nitrogen and oxygen atoms in total. The molecule has 0 radical (unpaired) electrons. The van der Waals surface area contributed by atoms with Crippen LogP contribution in [-0.2, 0) is 0 Å². The maximum absolute atomic E-state index is 17.0. The zero-order chi connectivity index (χ0) is 59.8. The van der Waals surface area contributed by atoms with E-state index in [2.05, 4.69) is 14.5 Å². The Bertz CT molecular complexity index is 4150. The molecule has 0 fully saturated rings. The monoisotopic (exact) mass is 1120 g/mol. The lowest BCUT2D eigenvalue weighted by molar-refractivity contribution is 0.443. The summed E-state index contributed by atoms with van der Waals surface area (Å²) in [7, 11) is 0. The summed E-state index contributed by atoms with van der Waals surface area (Å²) in [5.41, 5.74) is -39.8. The van der Waals surface area contributed by atoms with E-state index in [1.807, 2.05) is 0 Å². The number of allylic oxidation sites excluding steroid dienone is 5. The SMILES string of the molecule is [C-]#[N+]C1=C(c2ccccc2)/C(=C(/c2c(F)c(F)c(C#N)c(F)c2F)c2c(F)c(F)c([N+]#[C-])c(F)c2F)c2c(C#N)c3c(c(C#N)c21)C(C#N)=C(c1ccccc1)/C3=C(\c1c(F)c(F)c(C#N)c(F)c1F)c1c(F)c(F)c([N+]#[C-])c(F)c1F. The summed E-state index contributed by atoms with van der Waals surface area (Å²) < 4.78 is 265. The largest absolute Gasteiger partial charge is 0.262 e. The lowest BCUT2D eigenvalue weighted by atomic mass is 9.78. The van der Waals surface area contributed by atoms with E-state index in [-0.39, 0.29) is 0 Å². The Labute approximate surface area is 447 Å². The van der Waals surface area contributed by atoms with Crippen molar-refractivity contribution in [2.45, 2.75) is 0 Å². The molecule has 7 aromatic rings. The smallest absolute Gasteiger partial charge is 0.237 e. The van der Waals surface area contributed by atoms with Crippen molar-refractivity contribution < 1.29 is 70.2 Å². The Morgan fingerprint density at radius 1 is 0.317 bits per heavy atom. The minimum atomic E-state index is -2.86. The fraction of sp³-hybridized carbons (Fsp3) is 0. The molecule has 82 heavy (non-hydrogen) atoms. The van der Waals surface area contributed by atoms with Gasteiger partial charge in [0.05, 0.1) is 64.7 Å². The maximum atomic E-state index is 17.0. The third-order valence-electron chi connectivity index (χ3n) is 13.0. The average molecular weight is 1120 g/mol. The van der Waals surface area contributed by atoms with Gasteiger partial charge in [-0.1, -0.05) is 60.7 Å². The molecule has 9 rings (SSSR count). The number of halogens is 16. The van der Waals surface area contributed by atoms with Gasteiger partial charge >= 0.3 is 0 Å². The second-order valence-electron chi connectivity index (χ2n) is 16.8. The first-order chi connectivity index (χ1) is 39.1. The van der Waals surface area contributed by atoms with Crippen molar-refractivity contribution in [3.8, 4) is 30.3 Å². The van der Waals surface area contributed by atoms with E-state index >= 15 is 70.2 Å². The van der Waals surface area contributed by atoms with E-state index in [1.54, 1.807) is 6.07 Å². The van der Waals surface area contributed by atoms with Crippen molar-refractivity contribution in [3.63, 3.8) is 0 Å². The highest BCUT2D eigenvalue weighted by Crippen LogP contribution is 2.62. The van der Waals surface area contributed by atoms with Gasteiger partial charge in [0.25, 0.3) is 11.4 Å². The summed E-state index contributed by atoms with van der Waals surface area (Å²) >= 11 is 0. The van der Waals surface area contributed by atoms with Gasteiger partial charge in [0.1, 0.15) is 35.4 Å². The molecular weight excluding hydrogens is 1110 g/mol. The van der Waals surface area contributed by atoms with Gasteiger partial charge in [-0.15, -0.1) is 0 Å². The second-order valence-corrected chi connectivity index (χ2v) is 16.8. The summed E-state index contributed by atoms with van der Waals surface area (Å²) in [6.45, 7) is 22.9. The molecule has 0 aromatic heterocycles. The highest BCUT2D eigenvalue weighted by Gasteiger charge is 2.48. The van der Waals surface area contributed by atoms with Gasteiger partial charge < -0.3 is 0 Å². The molecule has 0 bridgehead atoms. The molecule has 24 heteroatoms. The molecule has 394 valence electrons. The first-order valence-electron chi connectivity index (χ1n) is 22.1. The molecule has 0 N–H and O–H groups in total. The van der Waals surface area contributed by atoms with Crippen molar-refractivity contribution in [2.24, 2.45) is 0 Å². The minimum Gasteiger partial charge on any atom is -0.237 e. The van der Waals surface area contributed by atoms with Crippen LogP contribution in [0.25, 0.3) is 59.2 Å². The van der Waals surface area contributed by atoms with Crippen LogP contribution in [0.1, 0.15) is 77.9 Å². The van der Waals surface area contributed by atoms with Crippen molar-refractivity contribution in [1.82, 2.24) is 0 Å². The number of benzene rings is 7. The highest BCUT2D eigenvalue weighted by molar-refractivity contribution is 6.36. The molecule has 7 aromatic carbocycles. The van der Waals surface area contributed by atoms with Crippen molar-refractivity contribution in [3.05, 3.63) is 266 Å². The van der Waals surface area contributed by atoms with Gasteiger partial charge in [-0.25, -0.2) is 84.8 Å². The third-order valence-corrected chi connectivity index (χ3v) is 13.0.